The van der Waals surface area contributed by atoms with Crippen LogP contribution < -0.4 is 10.6 Å². The van der Waals surface area contributed by atoms with Gasteiger partial charge in [0.1, 0.15) is 18.3 Å². The molecule has 1 aromatic carbocycles. The third-order valence-corrected chi connectivity index (χ3v) is 5.36. The van der Waals surface area contributed by atoms with Crippen LogP contribution >= 0.6 is 23.8 Å². The Morgan fingerprint density at radius 2 is 1.75 bits per heavy atom. The predicted molar refractivity (Wildman–Crippen MR) is 108 cm³/mol. The van der Waals surface area contributed by atoms with Crippen LogP contribution in [0.5, 0.6) is 0 Å². The molecule has 7 nitrogen and oxygen atoms in total. The topological polar surface area (TPSA) is 70.2 Å². The lowest BCUT2D eigenvalue weighted by Crippen LogP contribution is -2.53. The van der Waals surface area contributed by atoms with E-state index in [9.17, 15) is 0 Å². The third-order valence-electron chi connectivity index (χ3n) is 4.88. The van der Waals surface area contributed by atoms with E-state index in [0.29, 0.717) is 16.7 Å². The van der Waals surface area contributed by atoms with Gasteiger partial charge in [0.05, 0.1) is 12.6 Å². The Labute approximate surface area is 174 Å². The maximum Gasteiger partial charge on any atom is 0.189 e. The molecular weight excluding hydrogens is 404 g/mol. The van der Waals surface area contributed by atoms with Crippen LogP contribution in [0.15, 0.2) is 24.3 Å². The van der Waals surface area contributed by atoms with Gasteiger partial charge < -0.3 is 34.3 Å². The molecule has 2 N–H and O–H groups in total. The molecular formula is C19H25ClN2O5S. The zero-order valence-corrected chi connectivity index (χ0v) is 17.8. The number of benzene rings is 1. The van der Waals surface area contributed by atoms with E-state index >= 15 is 0 Å². The SMILES string of the molecule is CC1(C)OCC([C@H]2O[C@@H]3OC(C)(C)O[C@@H]3[C@@H]2NC(=S)Nc2ccc(Cl)cc2)O1. The van der Waals surface area contributed by atoms with Gasteiger partial charge in [-0.1, -0.05) is 11.6 Å². The highest BCUT2D eigenvalue weighted by molar-refractivity contribution is 7.80. The van der Waals surface area contributed by atoms with Gasteiger partial charge in [0.15, 0.2) is 23.0 Å². The summed E-state index contributed by atoms with van der Waals surface area (Å²) in [6.07, 6.45) is -1.41. The number of nitrogens with one attached hydrogen (secondary N) is 2. The predicted octanol–water partition coefficient (Wildman–Crippen LogP) is 3.02. The highest BCUT2D eigenvalue weighted by Crippen LogP contribution is 2.40. The first-order chi connectivity index (χ1) is 13.1. The fourth-order valence-corrected chi connectivity index (χ4v) is 4.12. The molecule has 3 aliphatic heterocycles. The molecule has 0 saturated carbocycles. The van der Waals surface area contributed by atoms with E-state index in [4.69, 9.17) is 47.5 Å². The second-order valence-corrected chi connectivity index (χ2v) is 8.91. The van der Waals surface area contributed by atoms with Gasteiger partial charge in [-0.25, -0.2) is 0 Å². The lowest BCUT2D eigenvalue weighted by Gasteiger charge is -2.30. The fourth-order valence-electron chi connectivity index (χ4n) is 3.74. The highest BCUT2D eigenvalue weighted by Gasteiger charge is 2.58. The average Bonchev–Trinajstić information content (AvgIpc) is 3.20. The molecule has 0 radical (unpaired) electrons. The first-order valence-corrected chi connectivity index (χ1v) is 10.1. The molecule has 1 aromatic rings. The summed E-state index contributed by atoms with van der Waals surface area (Å²) in [4.78, 5) is 0. The molecule has 9 heteroatoms. The van der Waals surface area contributed by atoms with Crippen LogP contribution in [0.1, 0.15) is 27.7 Å². The van der Waals surface area contributed by atoms with Crippen molar-refractivity contribution < 1.29 is 23.7 Å². The number of halogens is 1. The number of hydrogen-bond acceptors (Lipinski definition) is 6. The molecule has 4 rings (SSSR count). The monoisotopic (exact) mass is 428 g/mol. The number of ether oxygens (including phenoxy) is 5. The Morgan fingerprint density at radius 1 is 1.04 bits per heavy atom. The van der Waals surface area contributed by atoms with E-state index in [0.717, 1.165) is 5.69 Å². The van der Waals surface area contributed by atoms with Crippen LogP contribution in [0.25, 0.3) is 0 Å². The van der Waals surface area contributed by atoms with Gasteiger partial charge in [-0.3, -0.25) is 0 Å². The van der Waals surface area contributed by atoms with Gasteiger partial charge in [-0.15, -0.1) is 0 Å². The number of anilines is 1. The van der Waals surface area contributed by atoms with E-state index in [1.807, 2.05) is 39.8 Å². The van der Waals surface area contributed by atoms with Crippen LogP contribution in [-0.4, -0.2) is 53.9 Å². The molecule has 0 spiro atoms. The van der Waals surface area contributed by atoms with Crippen molar-refractivity contribution in [2.24, 2.45) is 0 Å². The van der Waals surface area contributed by atoms with Gasteiger partial charge in [0, 0.05) is 10.7 Å². The highest BCUT2D eigenvalue weighted by atomic mass is 35.5. The zero-order chi connectivity index (χ0) is 20.1. The number of fused-ring (bicyclic) bond motifs is 1. The Hall–Kier alpha value is -1.00. The van der Waals surface area contributed by atoms with Crippen LogP contribution in [0, 0.1) is 0 Å². The lowest BCUT2D eigenvalue weighted by atomic mass is 10.0. The first-order valence-electron chi connectivity index (χ1n) is 9.28. The van der Waals surface area contributed by atoms with E-state index in [2.05, 4.69) is 10.6 Å². The van der Waals surface area contributed by atoms with E-state index < -0.39 is 17.9 Å². The van der Waals surface area contributed by atoms with Crippen LogP contribution in [0.4, 0.5) is 5.69 Å². The molecule has 3 heterocycles. The summed E-state index contributed by atoms with van der Waals surface area (Å²) in [5.41, 5.74) is 0.833. The summed E-state index contributed by atoms with van der Waals surface area (Å²) in [6.45, 7) is 7.92. The van der Waals surface area contributed by atoms with Crippen molar-refractivity contribution in [2.75, 3.05) is 11.9 Å². The van der Waals surface area contributed by atoms with Crippen LogP contribution in [-0.2, 0) is 23.7 Å². The molecule has 3 saturated heterocycles. The lowest BCUT2D eigenvalue weighted by molar-refractivity contribution is -0.223. The summed E-state index contributed by atoms with van der Waals surface area (Å²) in [5.74, 6) is -1.38. The Morgan fingerprint density at radius 3 is 2.39 bits per heavy atom. The number of hydrogen-bond donors (Lipinski definition) is 2. The molecule has 0 amide bonds. The quantitative estimate of drug-likeness (QED) is 0.712. The fraction of sp³-hybridized carbons (Fsp3) is 0.632. The molecule has 0 aliphatic carbocycles. The molecule has 1 unspecified atom stereocenters. The van der Waals surface area contributed by atoms with Crippen molar-refractivity contribution >= 4 is 34.6 Å². The van der Waals surface area contributed by atoms with Gasteiger partial charge in [-0.05, 0) is 64.2 Å². The number of rotatable bonds is 3. The Bertz CT molecular complexity index is 744. The molecule has 3 aliphatic rings. The molecule has 0 bridgehead atoms. The van der Waals surface area contributed by atoms with Crippen molar-refractivity contribution in [2.45, 2.75) is 69.9 Å². The van der Waals surface area contributed by atoms with Gasteiger partial charge in [0.2, 0.25) is 0 Å². The van der Waals surface area contributed by atoms with Crippen molar-refractivity contribution in [1.82, 2.24) is 5.32 Å². The summed E-state index contributed by atoms with van der Waals surface area (Å²) < 4.78 is 29.9. The maximum atomic E-state index is 6.16. The molecule has 28 heavy (non-hydrogen) atoms. The van der Waals surface area contributed by atoms with Gasteiger partial charge >= 0.3 is 0 Å². The van der Waals surface area contributed by atoms with Crippen LogP contribution in [0.2, 0.25) is 5.02 Å². The van der Waals surface area contributed by atoms with Crippen molar-refractivity contribution in [3.63, 3.8) is 0 Å². The summed E-state index contributed by atoms with van der Waals surface area (Å²) in [5, 5.41) is 7.60. The van der Waals surface area contributed by atoms with Crippen LogP contribution in [0.3, 0.4) is 0 Å². The van der Waals surface area contributed by atoms with E-state index in [1.54, 1.807) is 12.1 Å². The Balaban J connectivity index is 1.48. The second kappa shape index (κ2) is 7.36. The number of thiocarbonyl (C=S) groups is 1. The van der Waals surface area contributed by atoms with Gasteiger partial charge in [0.25, 0.3) is 0 Å². The zero-order valence-electron chi connectivity index (χ0n) is 16.2. The normalized spacial score (nSPS) is 35.5. The van der Waals surface area contributed by atoms with Crippen molar-refractivity contribution in [3.05, 3.63) is 29.3 Å². The van der Waals surface area contributed by atoms with Crippen molar-refractivity contribution in [1.29, 1.82) is 0 Å². The molecule has 5 atom stereocenters. The summed E-state index contributed by atoms with van der Waals surface area (Å²) in [7, 11) is 0. The van der Waals surface area contributed by atoms with Gasteiger partial charge in [-0.2, -0.15) is 0 Å². The summed E-state index contributed by atoms with van der Waals surface area (Å²) >= 11 is 11.5. The smallest absolute Gasteiger partial charge is 0.189 e. The minimum Gasteiger partial charge on any atom is -0.354 e. The maximum absolute atomic E-state index is 6.16. The Kier molecular flexibility index (Phi) is 5.33. The first kappa shape index (κ1) is 20.3. The third kappa shape index (κ3) is 4.28. The second-order valence-electron chi connectivity index (χ2n) is 8.07. The summed E-state index contributed by atoms with van der Waals surface area (Å²) in [6, 6.07) is 7.05. The molecule has 0 aromatic heterocycles. The molecule has 154 valence electrons. The van der Waals surface area contributed by atoms with Crippen molar-refractivity contribution in [3.8, 4) is 0 Å². The minimum atomic E-state index is -0.724. The standard InChI is InChI=1S/C19H25ClN2O5S/c1-18(2)23-9-12(25-18)14-13(15-16(24-14)27-19(3,4)26-15)22-17(28)21-11-7-5-10(20)6-8-11/h5-8,12-16H,9H2,1-4H3,(H2,21,22,28)/t12?,13-,14-,15-,16-/m1/s1. The molecule has 3 fully saturated rings. The van der Waals surface area contributed by atoms with E-state index in [1.165, 1.54) is 0 Å². The van der Waals surface area contributed by atoms with E-state index in [-0.39, 0.29) is 24.4 Å². The minimum absolute atomic E-state index is 0.258. The largest absolute Gasteiger partial charge is 0.354 e. The average molecular weight is 429 g/mol.